The molecule has 0 atom stereocenters. The van der Waals surface area contributed by atoms with Crippen molar-refractivity contribution in [1.29, 1.82) is 0 Å². The predicted octanol–water partition coefficient (Wildman–Crippen LogP) is 3.78. The number of carbonyl (C=O) groups excluding carboxylic acids is 1. The molecule has 1 amide bonds. The Hall–Kier alpha value is -3.62. The summed E-state index contributed by atoms with van der Waals surface area (Å²) in [6.45, 7) is 1.82. The molecular formula is C20H20F2N6O. The Labute approximate surface area is 165 Å². The molecule has 0 saturated heterocycles. The van der Waals surface area contributed by atoms with Gasteiger partial charge < -0.3 is 10.7 Å². The first-order chi connectivity index (χ1) is 14.0. The quantitative estimate of drug-likeness (QED) is 0.534. The average Bonchev–Trinajstić information content (AvgIpc) is 3.36. The summed E-state index contributed by atoms with van der Waals surface area (Å²) < 4.78 is 25.5. The summed E-state index contributed by atoms with van der Waals surface area (Å²) in [6.07, 6.45) is 4.60. The zero-order valence-corrected chi connectivity index (χ0v) is 15.8. The van der Waals surface area contributed by atoms with Gasteiger partial charge in [-0.15, -0.1) is 0 Å². The highest BCUT2D eigenvalue weighted by atomic mass is 19.1. The number of nitrogens with two attached hydrogens (primary N) is 1. The van der Waals surface area contributed by atoms with Gasteiger partial charge in [-0.25, -0.2) is 18.9 Å². The van der Waals surface area contributed by atoms with Crippen LogP contribution in [0.3, 0.4) is 0 Å². The van der Waals surface area contributed by atoms with E-state index in [2.05, 4.69) is 20.1 Å². The summed E-state index contributed by atoms with van der Waals surface area (Å²) in [5.41, 5.74) is 8.61. The first kappa shape index (κ1) is 20.1. The number of primary amides is 1. The van der Waals surface area contributed by atoms with Crippen LogP contribution in [0, 0.1) is 5.82 Å². The van der Waals surface area contributed by atoms with Crippen LogP contribution in [-0.4, -0.2) is 37.1 Å². The van der Waals surface area contributed by atoms with E-state index in [0.29, 0.717) is 22.7 Å². The number of hydrogen-bond donors (Lipinski definition) is 2. The molecule has 3 heterocycles. The van der Waals surface area contributed by atoms with Crippen molar-refractivity contribution in [1.82, 2.24) is 24.6 Å². The molecule has 0 bridgehead atoms. The highest BCUT2D eigenvalue weighted by Gasteiger charge is 2.15. The summed E-state index contributed by atoms with van der Waals surface area (Å²) >= 11 is 0. The molecule has 0 spiro atoms. The topological polar surface area (TPSA) is 102 Å². The molecule has 0 aliphatic carbocycles. The number of aromatic amines is 1. The molecule has 0 unspecified atom stereocenters. The van der Waals surface area contributed by atoms with Gasteiger partial charge in [-0.1, -0.05) is 13.3 Å². The molecule has 1 aromatic carbocycles. The molecule has 29 heavy (non-hydrogen) atoms. The number of unbranched alkanes of at least 4 members (excludes halogenated alkanes) is 1. The first-order valence-corrected chi connectivity index (χ1v) is 9.05. The zero-order valence-electron chi connectivity index (χ0n) is 15.8. The van der Waals surface area contributed by atoms with Crippen LogP contribution < -0.4 is 5.73 Å². The molecule has 7 nitrogen and oxygen atoms in total. The number of H-pyrrole nitrogens is 1. The Balaban J connectivity index is 0.000000431. The second-order valence-corrected chi connectivity index (χ2v) is 6.17. The number of amides is 1. The monoisotopic (exact) mass is 398 g/mol. The molecule has 0 aliphatic rings. The summed E-state index contributed by atoms with van der Waals surface area (Å²) in [4.78, 5) is 22.9. The van der Waals surface area contributed by atoms with Gasteiger partial charge in [-0.2, -0.15) is 5.10 Å². The highest BCUT2D eigenvalue weighted by Crippen LogP contribution is 2.28. The minimum Gasteiger partial charge on any atom is -0.364 e. The summed E-state index contributed by atoms with van der Waals surface area (Å²) in [5.74, 6) is -0.935. The van der Waals surface area contributed by atoms with Crippen LogP contribution in [0.15, 0.2) is 48.9 Å². The smallest absolute Gasteiger partial charge is 0.269 e. The summed E-state index contributed by atoms with van der Waals surface area (Å²) in [5, 5.41) is 4.41. The van der Waals surface area contributed by atoms with Gasteiger partial charge in [-0.3, -0.25) is 9.18 Å². The van der Waals surface area contributed by atoms with Crippen molar-refractivity contribution in [2.75, 3.05) is 6.67 Å². The second-order valence-electron chi connectivity index (χ2n) is 6.17. The van der Waals surface area contributed by atoms with E-state index in [1.165, 1.54) is 29.2 Å². The maximum Gasteiger partial charge on any atom is 0.269 e. The zero-order chi connectivity index (χ0) is 20.8. The summed E-state index contributed by atoms with van der Waals surface area (Å²) in [6, 6.07) is 9.49. The first-order valence-electron chi connectivity index (χ1n) is 9.05. The molecule has 0 fully saturated rings. The molecule has 4 rings (SSSR count). The number of halogens is 2. The summed E-state index contributed by atoms with van der Waals surface area (Å²) in [7, 11) is 0. The van der Waals surface area contributed by atoms with Crippen LogP contribution in [0.25, 0.3) is 28.3 Å². The maximum atomic E-state index is 13.1. The van der Waals surface area contributed by atoms with Gasteiger partial charge in [0.05, 0.1) is 30.6 Å². The number of alkyl halides is 1. The number of benzene rings is 1. The Morgan fingerprint density at radius 1 is 1.17 bits per heavy atom. The third kappa shape index (κ3) is 4.45. The minimum absolute atomic E-state index is 0.156. The van der Waals surface area contributed by atoms with E-state index in [0.717, 1.165) is 18.4 Å². The van der Waals surface area contributed by atoms with Crippen molar-refractivity contribution in [3.05, 3.63) is 60.4 Å². The Kier molecular flexibility index (Phi) is 6.28. The van der Waals surface area contributed by atoms with Gasteiger partial charge >= 0.3 is 0 Å². The molecule has 9 heteroatoms. The van der Waals surface area contributed by atoms with Gasteiger partial charge in [-0.05, 0) is 42.8 Å². The number of imidazole rings is 2. The number of carbonyl (C=O) groups is 1. The largest absolute Gasteiger partial charge is 0.364 e. The molecule has 150 valence electrons. The lowest BCUT2D eigenvalue weighted by Crippen LogP contribution is -2.15. The van der Waals surface area contributed by atoms with Gasteiger partial charge in [0.25, 0.3) is 5.91 Å². The molecule has 3 aromatic heterocycles. The van der Waals surface area contributed by atoms with Crippen LogP contribution in [0.5, 0.6) is 0 Å². The minimum atomic E-state index is -0.615. The predicted molar refractivity (Wildman–Crippen MR) is 105 cm³/mol. The number of nitrogens with zero attached hydrogens (tertiary/aromatic N) is 4. The Morgan fingerprint density at radius 2 is 1.93 bits per heavy atom. The fraction of sp³-hybridized carbons (Fsp3) is 0.200. The molecule has 0 saturated carbocycles. The van der Waals surface area contributed by atoms with Crippen LogP contribution in [-0.2, 0) is 0 Å². The lowest BCUT2D eigenvalue weighted by atomic mass is 10.1. The number of nitrogens with one attached hydrogen (secondary N) is 1. The van der Waals surface area contributed by atoms with Crippen LogP contribution in [0.1, 0.15) is 30.3 Å². The van der Waals surface area contributed by atoms with Crippen molar-refractivity contribution in [2.45, 2.75) is 19.8 Å². The molecule has 0 aliphatic heterocycles. The van der Waals surface area contributed by atoms with Crippen molar-refractivity contribution in [3.8, 4) is 22.6 Å². The third-order valence-electron chi connectivity index (χ3n) is 4.12. The average molecular weight is 398 g/mol. The Morgan fingerprint density at radius 3 is 2.55 bits per heavy atom. The normalized spacial score (nSPS) is 10.6. The SMILES string of the molecule is CCCCF.NC(=O)c1cnc2ccc(-c3[nH]cnc3-c3ccc(F)cc3)nn12. The van der Waals surface area contributed by atoms with Gasteiger partial charge in [0, 0.05) is 5.56 Å². The van der Waals surface area contributed by atoms with Crippen LogP contribution >= 0.6 is 0 Å². The standard InChI is InChI=1S/C16H11FN6O.C4H9F/c17-10-3-1-9(2-4-10)14-15(21-8-20-14)11-5-6-13-19-7-12(16(18)24)23(13)22-11;1-2-3-4-5/h1-8H,(H2,18,24)(H,20,21);2-4H2,1H3. The van der Waals surface area contributed by atoms with Gasteiger partial charge in [0.2, 0.25) is 0 Å². The molecule has 0 radical (unpaired) electrons. The van der Waals surface area contributed by atoms with E-state index < -0.39 is 5.91 Å². The van der Waals surface area contributed by atoms with E-state index in [1.54, 1.807) is 24.3 Å². The van der Waals surface area contributed by atoms with Crippen molar-refractivity contribution in [2.24, 2.45) is 5.73 Å². The number of fused-ring (bicyclic) bond motifs is 1. The van der Waals surface area contributed by atoms with Crippen molar-refractivity contribution >= 4 is 11.6 Å². The molecule has 4 aromatic rings. The van der Waals surface area contributed by atoms with E-state index in [4.69, 9.17) is 5.73 Å². The fourth-order valence-electron chi connectivity index (χ4n) is 2.62. The molecule has 3 N–H and O–H groups in total. The fourth-order valence-corrected chi connectivity index (χ4v) is 2.62. The third-order valence-corrected chi connectivity index (χ3v) is 4.12. The van der Waals surface area contributed by atoms with E-state index in [-0.39, 0.29) is 18.2 Å². The number of rotatable bonds is 5. The maximum absolute atomic E-state index is 13.1. The van der Waals surface area contributed by atoms with E-state index in [1.807, 2.05) is 6.92 Å². The Bertz CT molecular complexity index is 1100. The van der Waals surface area contributed by atoms with Gasteiger partial charge in [0.15, 0.2) is 5.65 Å². The lowest BCUT2D eigenvalue weighted by molar-refractivity contribution is 0.0993. The highest BCUT2D eigenvalue weighted by molar-refractivity contribution is 5.91. The van der Waals surface area contributed by atoms with Crippen molar-refractivity contribution < 1.29 is 13.6 Å². The number of hydrogen-bond acceptors (Lipinski definition) is 4. The van der Waals surface area contributed by atoms with Gasteiger partial charge in [0.1, 0.15) is 17.2 Å². The number of aromatic nitrogens is 5. The second kappa shape index (κ2) is 9.05. The van der Waals surface area contributed by atoms with E-state index >= 15 is 0 Å². The van der Waals surface area contributed by atoms with E-state index in [9.17, 15) is 13.6 Å². The van der Waals surface area contributed by atoms with Crippen molar-refractivity contribution in [3.63, 3.8) is 0 Å². The molecular weight excluding hydrogens is 378 g/mol. The lowest BCUT2D eigenvalue weighted by Gasteiger charge is -2.04. The van der Waals surface area contributed by atoms with Crippen LogP contribution in [0.4, 0.5) is 8.78 Å². The van der Waals surface area contributed by atoms with Crippen LogP contribution in [0.2, 0.25) is 0 Å².